The molecule has 0 aromatic carbocycles. The Morgan fingerprint density at radius 1 is 1.59 bits per heavy atom. The first-order valence-corrected chi connectivity index (χ1v) is 5.41. The smallest absolute Gasteiger partial charge is 0.326 e. The number of aromatic nitrogens is 1. The largest absolute Gasteiger partial charge is 0.480 e. The van der Waals surface area contributed by atoms with Crippen molar-refractivity contribution in [1.82, 2.24) is 10.3 Å². The SMILES string of the molecule is CC[C@H](C)[C@H](NC(=O)c1nc(C)co1)C(=O)O. The third kappa shape index (κ3) is 3.30. The summed E-state index contributed by atoms with van der Waals surface area (Å²) in [4.78, 5) is 26.5. The molecule has 1 aromatic rings. The van der Waals surface area contributed by atoms with Crippen molar-refractivity contribution in [2.75, 3.05) is 0 Å². The molecule has 0 bridgehead atoms. The number of oxazole rings is 1. The number of hydrogen-bond acceptors (Lipinski definition) is 4. The lowest BCUT2D eigenvalue weighted by atomic mass is 9.99. The highest BCUT2D eigenvalue weighted by Crippen LogP contribution is 2.09. The zero-order valence-electron chi connectivity index (χ0n) is 10.1. The van der Waals surface area contributed by atoms with E-state index in [-0.39, 0.29) is 11.8 Å². The van der Waals surface area contributed by atoms with Crippen LogP contribution in [0.1, 0.15) is 36.6 Å². The van der Waals surface area contributed by atoms with Gasteiger partial charge in [-0.25, -0.2) is 9.78 Å². The van der Waals surface area contributed by atoms with Crippen LogP contribution in [0, 0.1) is 12.8 Å². The second-order valence-corrected chi connectivity index (χ2v) is 3.97. The van der Waals surface area contributed by atoms with Gasteiger partial charge in [0.1, 0.15) is 12.3 Å². The van der Waals surface area contributed by atoms with Crippen LogP contribution in [0.2, 0.25) is 0 Å². The van der Waals surface area contributed by atoms with Gasteiger partial charge in [0.2, 0.25) is 0 Å². The van der Waals surface area contributed by atoms with Crippen LogP contribution in [0.4, 0.5) is 0 Å². The summed E-state index contributed by atoms with van der Waals surface area (Å²) in [7, 11) is 0. The van der Waals surface area contributed by atoms with Crippen LogP contribution in [0.5, 0.6) is 0 Å². The van der Waals surface area contributed by atoms with Crippen LogP contribution in [0.25, 0.3) is 0 Å². The highest BCUT2D eigenvalue weighted by molar-refractivity contribution is 5.92. The molecular weight excluding hydrogens is 224 g/mol. The zero-order valence-corrected chi connectivity index (χ0v) is 10.1. The average Bonchev–Trinajstić information content (AvgIpc) is 2.71. The number of amides is 1. The van der Waals surface area contributed by atoms with E-state index in [4.69, 9.17) is 9.52 Å². The fourth-order valence-corrected chi connectivity index (χ4v) is 1.34. The highest BCUT2D eigenvalue weighted by atomic mass is 16.4. The summed E-state index contributed by atoms with van der Waals surface area (Å²) in [6, 6.07) is -0.931. The molecule has 17 heavy (non-hydrogen) atoms. The van der Waals surface area contributed by atoms with Crippen molar-refractivity contribution in [2.24, 2.45) is 5.92 Å². The average molecular weight is 240 g/mol. The number of rotatable bonds is 5. The molecular formula is C11H16N2O4. The Balaban J connectivity index is 2.74. The van der Waals surface area contributed by atoms with Crippen LogP contribution in [-0.4, -0.2) is 28.0 Å². The summed E-state index contributed by atoms with van der Waals surface area (Å²) >= 11 is 0. The quantitative estimate of drug-likeness (QED) is 0.807. The molecule has 1 rings (SSSR count). The van der Waals surface area contributed by atoms with E-state index in [9.17, 15) is 9.59 Å². The van der Waals surface area contributed by atoms with Crippen LogP contribution < -0.4 is 5.32 Å². The number of aryl methyl sites for hydroxylation is 1. The maximum Gasteiger partial charge on any atom is 0.326 e. The minimum absolute atomic E-state index is 0.114. The van der Waals surface area contributed by atoms with Crippen molar-refractivity contribution in [3.63, 3.8) is 0 Å². The van der Waals surface area contributed by atoms with Crippen molar-refractivity contribution in [3.05, 3.63) is 17.8 Å². The van der Waals surface area contributed by atoms with Gasteiger partial charge < -0.3 is 14.8 Å². The van der Waals surface area contributed by atoms with Gasteiger partial charge in [-0.05, 0) is 12.8 Å². The van der Waals surface area contributed by atoms with Gasteiger partial charge >= 0.3 is 11.9 Å². The lowest BCUT2D eigenvalue weighted by Gasteiger charge is -2.18. The molecule has 0 radical (unpaired) electrons. The molecule has 0 aliphatic rings. The summed E-state index contributed by atoms with van der Waals surface area (Å²) in [6.45, 7) is 5.31. The molecule has 0 spiro atoms. The number of hydrogen-bond donors (Lipinski definition) is 2. The summed E-state index contributed by atoms with van der Waals surface area (Å²) in [6.07, 6.45) is 2.00. The van der Waals surface area contributed by atoms with Gasteiger partial charge in [-0.3, -0.25) is 4.79 Å². The van der Waals surface area contributed by atoms with Crippen LogP contribution >= 0.6 is 0 Å². The van der Waals surface area contributed by atoms with E-state index in [0.717, 1.165) is 0 Å². The number of carboxylic acid groups (broad SMARTS) is 1. The fraction of sp³-hybridized carbons (Fsp3) is 0.545. The van der Waals surface area contributed by atoms with Gasteiger partial charge in [-0.1, -0.05) is 20.3 Å². The zero-order chi connectivity index (χ0) is 13.0. The number of carboxylic acids is 1. The van der Waals surface area contributed by atoms with Gasteiger partial charge in [0.25, 0.3) is 5.89 Å². The van der Waals surface area contributed by atoms with Crippen molar-refractivity contribution in [1.29, 1.82) is 0 Å². The summed E-state index contributed by atoms with van der Waals surface area (Å²) in [5, 5.41) is 11.4. The Morgan fingerprint density at radius 3 is 2.65 bits per heavy atom. The van der Waals surface area contributed by atoms with Crippen molar-refractivity contribution < 1.29 is 19.1 Å². The van der Waals surface area contributed by atoms with E-state index in [1.807, 2.05) is 6.92 Å². The number of nitrogens with zero attached hydrogens (tertiary/aromatic N) is 1. The minimum atomic E-state index is -1.06. The Hall–Kier alpha value is -1.85. The van der Waals surface area contributed by atoms with E-state index in [1.54, 1.807) is 13.8 Å². The van der Waals surface area contributed by atoms with E-state index >= 15 is 0 Å². The Bertz CT molecular complexity index is 413. The highest BCUT2D eigenvalue weighted by Gasteiger charge is 2.27. The first-order valence-electron chi connectivity index (χ1n) is 5.41. The van der Waals surface area contributed by atoms with Crippen molar-refractivity contribution >= 4 is 11.9 Å². The van der Waals surface area contributed by atoms with E-state index in [0.29, 0.717) is 12.1 Å². The lowest BCUT2D eigenvalue weighted by Crippen LogP contribution is -2.45. The van der Waals surface area contributed by atoms with Crippen LogP contribution in [0.3, 0.4) is 0 Å². The van der Waals surface area contributed by atoms with Crippen LogP contribution in [-0.2, 0) is 4.79 Å². The van der Waals surface area contributed by atoms with E-state index in [2.05, 4.69) is 10.3 Å². The first kappa shape index (κ1) is 13.2. The first-order chi connectivity index (χ1) is 7.95. The fourth-order valence-electron chi connectivity index (χ4n) is 1.34. The van der Waals surface area contributed by atoms with Gasteiger partial charge in [-0.2, -0.15) is 0 Å². The molecule has 2 N–H and O–H groups in total. The maximum absolute atomic E-state index is 11.7. The third-order valence-electron chi connectivity index (χ3n) is 2.58. The molecule has 0 aliphatic heterocycles. The molecule has 1 heterocycles. The number of carbonyl (C=O) groups is 2. The molecule has 0 saturated carbocycles. The molecule has 0 saturated heterocycles. The summed E-state index contributed by atoms with van der Waals surface area (Å²) in [5.41, 5.74) is 0.575. The molecule has 1 aromatic heterocycles. The van der Waals surface area contributed by atoms with Gasteiger partial charge in [0.15, 0.2) is 0 Å². The normalized spacial score (nSPS) is 14.1. The minimum Gasteiger partial charge on any atom is -0.480 e. The summed E-state index contributed by atoms with van der Waals surface area (Å²) in [5.74, 6) is -1.94. The van der Waals surface area contributed by atoms with Gasteiger partial charge in [0, 0.05) is 0 Å². The second-order valence-electron chi connectivity index (χ2n) is 3.97. The molecule has 2 atom stereocenters. The van der Waals surface area contributed by atoms with Crippen molar-refractivity contribution in [3.8, 4) is 0 Å². The Kier molecular flexibility index (Phi) is 4.25. The molecule has 0 aliphatic carbocycles. The standard InChI is InChI=1S/C11H16N2O4/c1-4-6(2)8(11(15)16)13-9(14)10-12-7(3)5-17-10/h5-6,8H,4H2,1-3H3,(H,13,14)(H,15,16)/t6-,8-/m0/s1. The molecule has 6 heteroatoms. The number of aliphatic carboxylic acids is 1. The third-order valence-corrected chi connectivity index (χ3v) is 2.58. The molecule has 1 amide bonds. The topological polar surface area (TPSA) is 92.4 Å². The molecule has 94 valence electrons. The number of carbonyl (C=O) groups excluding carboxylic acids is 1. The van der Waals surface area contributed by atoms with Crippen LogP contribution in [0.15, 0.2) is 10.7 Å². The van der Waals surface area contributed by atoms with E-state index < -0.39 is 17.9 Å². The Labute approximate surface area is 99.0 Å². The lowest BCUT2D eigenvalue weighted by molar-refractivity contribution is -0.140. The van der Waals surface area contributed by atoms with Crippen molar-refractivity contribution in [2.45, 2.75) is 33.2 Å². The number of nitrogens with one attached hydrogen (secondary N) is 1. The Morgan fingerprint density at radius 2 is 2.24 bits per heavy atom. The maximum atomic E-state index is 11.7. The summed E-state index contributed by atoms with van der Waals surface area (Å²) < 4.78 is 4.90. The monoisotopic (exact) mass is 240 g/mol. The van der Waals surface area contributed by atoms with Gasteiger partial charge in [-0.15, -0.1) is 0 Å². The molecule has 0 fully saturated rings. The predicted molar refractivity (Wildman–Crippen MR) is 59.6 cm³/mol. The molecule has 6 nitrogen and oxygen atoms in total. The molecule has 0 unspecified atom stereocenters. The van der Waals surface area contributed by atoms with Gasteiger partial charge in [0.05, 0.1) is 5.69 Å². The van der Waals surface area contributed by atoms with E-state index in [1.165, 1.54) is 6.26 Å². The second kappa shape index (κ2) is 5.47. The predicted octanol–water partition coefficient (Wildman–Crippen LogP) is 1.21.